The van der Waals surface area contributed by atoms with Crippen molar-refractivity contribution in [2.45, 2.75) is 30.6 Å². The Bertz CT molecular complexity index is 861. The van der Waals surface area contributed by atoms with Crippen LogP contribution in [0.4, 0.5) is 13.2 Å². The second-order valence-electron chi connectivity index (χ2n) is 7.16. The van der Waals surface area contributed by atoms with Gasteiger partial charge in [-0.25, -0.2) is 4.98 Å². The van der Waals surface area contributed by atoms with Crippen LogP contribution in [0.5, 0.6) is 0 Å². The van der Waals surface area contributed by atoms with Gasteiger partial charge in [-0.15, -0.1) is 0 Å². The van der Waals surface area contributed by atoms with E-state index in [0.29, 0.717) is 5.92 Å². The van der Waals surface area contributed by atoms with E-state index in [1.54, 1.807) is 0 Å². The highest BCUT2D eigenvalue weighted by molar-refractivity contribution is 6.29. The Morgan fingerprint density at radius 3 is 2.52 bits per heavy atom. The monoisotopic (exact) mass is 395 g/mol. The first-order valence-corrected chi connectivity index (χ1v) is 9.01. The van der Waals surface area contributed by atoms with Crippen LogP contribution in [0.15, 0.2) is 42.5 Å². The number of carbonyl (C=O) groups is 1. The van der Waals surface area contributed by atoms with Gasteiger partial charge in [-0.05, 0) is 43.0 Å². The number of amides is 1. The molecule has 3 aliphatic rings. The van der Waals surface area contributed by atoms with Crippen LogP contribution in [0.25, 0.3) is 0 Å². The van der Waals surface area contributed by atoms with Gasteiger partial charge in [0.2, 0.25) is 0 Å². The van der Waals surface area contributed by atoms with Crippen LogP contribution in [0, 0.1) is 5.92 Å². The Morgan fingerprint density at radius 2 is 1.93 bits per heavy atom. The molecule has 5 rings (SSSR count). The maximum absolute atomic E-state index is 13.3. The summed E-state index contributed by atoms with van der Waals surface area (Å²) in [7, 11) is 0. The van der Waals surface area contributed by atoms with E-state index in [0.717, 1.165) is 37.1 Å². The van der Waals surface area contributed by atoms with Crippen LogP contribution in [-0.4, -0.2) is 23.0 Å². The molecular weight excluding hydrogens is 379 g/mol. The number of hydrogen-bond donors (Lipinski definition) is 2. The molecule has 0 radical (unpaired) electrons. The van der Waals surface area contributed by atoms with Crippen LogP contribution >= 0.6 is 11.6 Å². The minimum Gasteiger partial charge on any atom is -0.342 e. The van der Waals surface area contributed by atoms with Crippen molar-refractivity contribution in [3.8, 4) is 0 Å². The predicted molar refractivity (Wildman–Crippen MR) is 94.4 cm³/mol. The van der Waals surface area contributed by atoms with Crippen molar-refractivity contribution in [1.29, 1.82) is 0 Å². The molecule has 142 valence electrons. The SMILES string of the molecule is O=C(NC(c1ccccc1)C12CC(CN1)C2)c1nc(Cl)ccc1C(F)(F)F. The average Bonchev–Trinajstić information content (AvgIpc) is 3.20. The highest BCUT2D eigenvalue weighted by atomic mass is 35.5. The van der Waals surface area contributed by atoms with Gasteiger partial charge in [0.05, 0.1) is 11.6 Å². The summed E-state index contributed by atoms with van der Waals surface area (Å²) in [5.41, 5.74) is -1.30. The molecule has 3 heterocycles. The molecule has 1 unspecified atom stereocenters. The summed E-state index contributed by atoms with van der Waals surface area (Å²) in [4.78, 5) is 16.5. The number of nitrogens with one attached hydrogen (secondary N) is 2. The zero-order chi connectivity index (χ0) is 19.2. The normalized spacial score (nSPS) is 25.0. The fourth-order valence-corrected chi connectivity index (χ4v) is 4.31. The molecule has 4 nitrogen and oxygen atoms in total. The third kappa shape index (κ3) is 3.30. The fraction of sp³-hybridized carbons (Fsp3) is 0.368. The third-order valence-corrected chi connectivity index (χ3v) is 5.60. The van der Waals surface area contributed by atoms with Crippen molar-refractivity contribution in [3.63, 3.8) is 0 Å². The van der Waals surface area contributed by atoms with Crippen LogP contribution in [0.2, 0.25) is 5.15 Å². The first-order valence-electron chi connectivity index (χ1n) is 8.63. The summed E-state index contributed by atoms with van der Waals surface area (Å²) in [6, 6.07) is 10.6. The lowest BCUT2D eigenvalue weighted by Gasteiger charge is -2.44. The quantitative estimate of drug-likeness (QED) is 0.770. The van der Waals surface area contributed by atoms with Gasteiger partial charge in [-0.1, -0.05) is 41.9 Å². The number of aromatic nitrogens is 1. The van der Waals surface area contributed by atoms with Gasteiger partial charge in [0.1, 0.15) is 10.8 Å². The molecular formula is C19H17ClF3N3O. The van der Waals surface area contributed by atoms with E-state index < -0.39 is 29.4 Å². The van der Waals surface area contributed by atoms with Crippen molar-refractivity contribution in [2.24, 2.45) is 5.92 Å². The second-order valence-corrected chi connectivity index (χ2v) is 7.54. The number of carbonyl (C=O) groups excluding carboxylic acids is 1. The van der Waals surface area contributed by atoms with E-state index in [-0.39, 0.29) is 10.7 Å². The van der Waals surface area contributed by atoms with E-state index >= 15 is 0 Å². The topological polar surface area (TPSA) is 54.0 Å². The van der Waals surface area contributed by atoms with Crippen LogP contribution in [0.3, 0.4) is 0 Å². The van der Waals surface area contributed by atoms with E-state index in [4.69, 9.17) is 11.6 Å². The van der Waals surface area contributed by atoms with Gasteiger partial charge in [0.15, 0.2) is 0 Å². The molecule has 2 aliphatic heterocycles. The summed E-state index contributed by atoms with van der Waals surface area (Å²) in [6.07, 6.45) is -2.94. The van der Waals surface area contributed by atoms with Gasteiger partial charge in [-0.2, -0.15) is 13.2 Å². The van der Waals surface area contributed by atoms with Gasteiger partial charge < -0.3 is 10.6 Å². The Labute approximate surface area is 159 Å². The van der Waals surface area contributed by atoms with Crippen LogP contribution in [0.1, 0.15) is 40.5 Å². The number of alkyl halides is 3. The fourth-order valence-electron chi connectivity index (χ4n) is 4.17. The summed E-state index contributed by atoms with van der Waals surface area (Å²) in [5, 5.41) is 6.06. The molecule has 1 atom stereocenters. The van der Waals surface area contributed by atoms with Gasteiger partial charge in [0, 0.05) is 5.54 Å². The van der Waals surface area contributed by atoms with Crippen LogP contribution in [-0.2, 0) is 6.18 Å². The van der Waals surface area contributed by atoms with E-state index in [1.165, 1.54) is 0 Å². The van der Waals surface area contributed by atoms with Crippen molar-refractivity contribution < 1.29 is 18.0 Å². The van der Waals surface area contributed by atoms with Gasteiger partial charge >= 0.3 is 6.18 Å². The van der Waals surface area contributed by atoms with E-state index in [9.17, 15) is 18.0 Å². The Morgan fingerprint density at radius 1 is 1.22 bits per heavy atom. The largest absolute Gasteiger partial charge is 0.418 e. The number of halogens is 4. The molecule has 2 saturated heterocycles. The highest BCUT2D eigenvalue weighted by Crippen LogP contribution is 2.50. The van der Waals surface area contributed by atoms with E-state index in [1.807, 2.05) is 30.3 Å². The molecule has 8 heteroatoms. The zero-order valence-electron chi connectivity index (χ0n) is 14.2. The molecule has 1 aromatic heterocycles. The number of pyridine rings is 1. The number of hydrogen-bond acceptors (Lipinski definition) is 3. The van der Waals surface area contributed by atoms with Crippen molar-refractivity contribution >= 4 is 17.5 Å². The lowest BCUT2D eigenvalue weighted by Crippen LogP contribution is -2.55. The molecule has 2 bridgehead atoms. The summed E-state index contributed by atoms with van der Waals surface area (Å²) in [6.45, 7) is 0.850. The first-order chi connectivity index (χ1) is 12.8. The lowest BCUT2D eigenvalue weighted by atomic mass is 9.67. The Hall–Kier alpha value is -2.12. The smallest absolute Gasteiger partial charge is 0.342 e. The van der Waals surface area contributed by atoms with Gasteiger partial charge in [0.25, 0.3) is 5.91 Å². The Kier molecular flexibility index (Phi) is 4.39. The molecule has 3 fully saturated rings. The second kappa shape index (κ2) is 6.49. The maximum atomic E-state index is 13.3. The van der Waals surface area contributed by atoms with Crippen molar-refractivity contribution in [2.75, 3.05) is 6.54 Å². The molecule has 2 aromatic rings. The molecule has 27 heavy (non-hydrogen) atoms. The number of benzene rings is 1. The minimum atomic E-state index is -4.70. The average molecular weight is 396 g/mol. The standard InChI is InChI=1S/C19H17ClF3N3O/c20-14-7-6-13(19(21,22)23)15(25-14)17(27)26-16(12-4-2-1-3-5-12)18-8-11(9-18)10-24-18/h1-7,11,16,24H,8-10H2,(H,26,27). The summed E-state index contributed by atoms with van der Waals surface area (Å²) < 4.78 is 39.9. The molecule has 1 saturated carbocycles. The number of fused-ring (bicyclic) bond motifs is 1. The molecule has 1 aromatic carbocycles. The molecule has 0 spiro atoms. The Balaban J connectivity index is 1.69. The molecule has 2 N–H and O–H groups in total. The van der Waals surface area contributed by atoms with Gasteiger partial charge in [-0.3, -0.25) is 4.79 Å². The number of nitrogens with zero attached hydrogens (tertiary/aromatic N) is 1. The molecule has 1 amide bonds. The first kappa shape index (κ1) is 18.3. The van der Waals surface area contributed by atoms with Crippen molar-refractivity contribution in [3.05, 3.63) is 64.4 Å². The van der Waals surface area contributed by atoms with Crippen molar-refractivity contribution in [1.82, 2.24) is 15.6 Å². The lowest BCUT2D eigenvalue weighted by molar-refractivity contribution is -0.138. The van der Waals surface area contributed by atoms with E-state index in [2.05, 4.69) is 15.6 Å². The third-order valence-electron chi connectivity index (χ3n) is 5.39. The highest BCUT2D eigenvalue weighted by Gasteiger charge is 2.55. The summed E-state index contributed by atoms with van der Waals surface area (Å²) >= 11 is 5.76. The predicted octanol–water partition coefficient (Wildman–Crippen LogP) is 3.98. The van der Waals surface area contributed by atoms with Crippen LogP contribution < -0.4 is 10.6 Å². The maximum Gasteiger partial charge on any atom is 0.418 e. The minimum absolute atomic E-state index is 0.162. The summed E-state index contributed by atoms with van der Waals surface area (Å²) in [5.74, 6) is -0.339. The number of rotatable bonds is 4. The zero-order valence-corrected chi connectivity index (χ0v) is 14.9. The molecule has 1 aliphatic carbocycles.